The van der Waals surface area contributed by atoms with E-state index < -0.39 is 5.91 Å². The first-order valence-electron chi connectivity index (χ1n) is 5.91. The molecule has 0 radical (unpaired) electrons. The molecule has 0 saturated heterocycles. The van der Waals surface area contributed by atoms with Crippen LogP contribution in [0.4, 0.5) is 11.5 Å². The lowest BCUT2D eigenvalue weighted by Gasteiger charge is -2.08. The monoisotopic (exact) mass is 256 g/mol. The molecule has 98 valence electrons. The first-order chi connectivity index (χ1) is 9.04. The number of aromatic nitrogens is 1. The number of amides is 1. The summed E-state index contributed by atoms with van der Waals surface area (Å²) in [5.74, 6) is 0.161. The number of primary amides is 1. The smallest absolute Gasteiger partial charge is 0.248 e. The van der Waals surface area contributed by atoms with E-state index in [9.17, 15) is 4.79 Å². The molecule has 1 aromatic carbocycles. The van der Waals surface area contributed by atoms with Crippen LogP contribution in [0.1, 0.15) is 21.6 Å². The highest BCUT2D eigenvalue weighted by molar-refractivity contribution is 5.93. The molecule has 5 N–H and O–H groups in total. The second-order valence-corrected chi connectivity index (χ2v) is 4.35. The van der Waals surface area contributed by atoms with Gasteiger partial charge >= 0.3 is 0 Å². The average Bonchev–Trinajstić information content (AvgIpc) is 2.36. The van der Waals surface area contributed by atoms with Crippen LogP contribution in [0, 0.1) is 6.92 Å². The number of nitrogen functional groups attached to an aromatic ring is 1. The molecule has 1 amide bonds. The van der Waals surface area contributed by atoms with Gasteiger partial charge in [0.05, 0.1) is 0 Å². The molecule has 0 aliphatic heterocycles. The molecule has 0 atom stereocenters. The van der Waals surface area contributed by atoms with E-state index in [1.54, 1.807) is 12.1 Å². The molecule has 0 spiro atoms. The Balaban J connectivity index is 2.13. The molecule has 0 aliphatic carbocycles. The summed E-state index contributed by atoms with van der Waals surface area (Å²) in [7, 11) is 0. The van der Waals surface area contributed by atoms with E-state index in [1.165, 1.54) is 0 Å². The lowest BCUT2D eigenvalue weighted by Crippen LogP contribution is -2.12. The Hall–Kier alpha value is -2.56. The SMILES string of the molecule is Cc1cc(C(N)=O)cc(NCc2cccc(N)c2)n1. The molecule has 1 aromatic heterocycles. The number of nitrogens with zero attached hydrogens (tertiary/aromatic N) is 1. The summed E-state index contributed by atoms with van der Waals surface area (Å²) < 4.78 is 0. The van der Waals surface area contributed by atoms with E-state index in [4.69, 9.17) is 11.5 Å². The fourth-order valence-corrected chi connectivity index (χ4v) is 1.80. The third-order valence-corrected chi connectivity index (χ3v) is 2.66. The molecule has 0 aliphatic rings. The summed E-state index contributed by atoms with van der Waals surface area (Å²) in [5, 5.41) is 3.15. The van der Waals surface area contributed by atoms with Crippen LogP contribution in [0.2, 0.25) is 0 Å². The average molecular weight is 256 g/mol. The van der Waals surface area contributed by atoms with Gasteiger partial charge in [-0.1, -0.05) is 12.1 Å². The van der Waals surface area contributed by atoms with E-state index >= 15 is 0 Å². The van der Waals surface area contributed by atoms with Crippen LogP contribution in [0.3, 0.4) is 0 Å². The van der Waals surface area contributed by atoms with Crippen molar-refractivity contribution < 1.29 is 4.79 Å². The molecule has 1 heterocycles. The van der Waals surface area contributed by atoms with Crippen molar-refractivity contribution in [2.45, 2.75) is 13.5 Å². The Morgan fingerprint density at radius 2 is 2.11 bits per heavy atom. The van der Waals surface area contributed by atoms with E-state index in [0.29, 0.717) is 23.6 Å². The second-order valence-electron chi connectivity index (χ2n) is 4.35. The first kappa shape index (κ1) is 12.9. The molecular formula is C14H16N4O. The van der Waals surface area contributed by atoms with Gasteiger partial charge in [0, 0.05) is 23.5 Å². The number of aryl methyl sites for hydroxylation is 1. The Morgan fingerprint density at radius 3 is 2.79 bits per heavy atom. The van der Waals surface area contributed by atoms with Gasteiger partial charge < -0.3 is 16.8 Å². The largest absolute Gasteiger partial charge is 0.399 e. The zero-order valence-corrected chi connectivity index (χ0v) is 10.7. The predicted molar refractivity (Wildman–Crippen MR) is 75.7 cm³/mol. The minimum absolute atomic E-state index is 0.447. The number of anilines is 2. The number of carbonyl (C=O) groups is 1. The van der Waals surface area contributed by atoms with Crippen LogP contribution in [0.15, 0.2) is 36.4 Å². The topological polar surface area (TPSA) is 94.0 Å². The van der Waals surface area contributed by atoms with Gasteiger partial charge in [0.15, 0.2) is 0 Å². The van der Waals surface area contributed by atoms with Gasteiger partial charge in [-0.15, -0.1) is 0 Å². The summed E-state index contributed by atoms with van der Waals surface area (Å²) in [6.07, 6.45) is 0. The van der Waals surface area contributed by atoms with E-state index in [1.807, 2.05) is 31.2 Å². The molecule has 0 bridgehead atoms. The van der Waals surface area contributed by atoms with Crippen LogP contribution in [-0.4, -0.2) is 10.9 Å². The quantitative estimate of drug-likeness (QED) is 0.725. The van der Waals surface area contributed by atoms with Gasteiger partial charge in [0.1, 0.15) is 5.82 Å². The van der Waals surface area contributed by atoms with Crippen molar-refractivity contribution in [3.8, 4) is 0 Å². The summed E-state index contributed by atoms with van der Waals surface area (Å²) in [6.45, 7) is 2.40. The Labute approximate surface area is 111 Å². The van der Waals surface area contributed by atoms with Crippen LogP contribution >= 0.6 is 0 Å². The maximum atomic E-state index is 11.2. The van der Waals surface area contributed by atoms with Gasteiger partial charge in [-0.25, -0.2) is 4.98 Å². The van der Waals surface area contributed by atoms with Crippen LogP contribution in [-0.2, 0) is 6.54 Å². The first-order valence-corrected chi connectivity index (χ1v) is 5.91. The highest BCUT2D eigenvalue weighted by atomic mass is 16.1. The number of hydrogen-bond acceptors (Lipinski definition) is 4. The van der Waals surface area contributed by atoms with Crippen molar-refractivity contribution >= 4 is 17.4 Å². The number of rotatable bonds is 4. The van der Waals surface area contributed by atoms with Gasteiger partial charge in [-0.3, -0.25) is 4.79 Å². The summed E-state index contributed by atoms with van der Waals surface area (Å²) >= 11 is 0. The summed E-state index contributed by atoms with van der Waals surface area (Å²) in [4.78, 5) is 15.5. The Bertz CT molecular complexity index is 610. The minimum atomic E-state index is -0.461. The Morgan fingerprint density at radius 1 is 1.32 bits per heavy atom. The summed E-state index contributed by atoms with van der Waals surface area (Å²) in [6, 6.07) is 10.9. The van der Waals surface area contributed by atoms with Crippen molar-refractivity contribution in [1.29, 1.82) is 0 Å². The van der Waals surface area contributed by atoms with Gasteiger partial charge in [0.25, 0.3) is 0 Å². The molecule has 0 unspecified atom stereocenters. The fraction of sp³-hybridized carbons (Fsp3) is 0.143. The third kappa shape index (κ3) is 3.45. The lowest BCUT2D eigenvalue weighted by molar-refractivity contribution is 0.1000. The second kappa shape index (κ2) is 5.39. The molecule has 0 fully saturated rings. The maximum absolute atomic E-state index is 11.2. The number of pyridine rings is 1. The molecule has 2 rings (SSSR count). The fourth-order valence-electron chi connectivity index (χ4n) is 1.80. The van der Waals surface area contributed by atoms with Crippen LogP contribution in [0.25, 0.3) is 0 Å². The highest BCUT2D eigenvalue weighted by Gasteiger charge is 2.04. The molecule has 5 nitrogen and oxygen atoms in total. The number of nitrogens with two attached hydrogens (primary N) is 2. The number of nitrogens with one attached hydrogen (secondary N) is 1. The van der Waals surface area contributed by atoms with Crippen molar-refractivity contribution in [2.75, 3.05) is 11.1 Å². The van der Waals surface area contributed by atoms with Gasteiger partial charge in [0.2, 0.25) is 5.91 Å². The standard InChI is InChI=1S/C14H16N4O/c1-9-5-11(14(16)19)7-13(18-9)17-8-10-3-2-4-12(15)6-10/h2-7H,8,15H2,1H3,(H2,16,19)(H,17,18). The molecule has 5 heteroatoms. The summed E-state index contributed by atoms with van der Waals surface area (Å²) in [5.41, 5.74) is 13.9. The highest BCUT2D eigenvalue weighted by Crippen LogP contribution is 2.12. The molecule has 2 aromatic rings. The maximum Gasteiger partial charge on any atom is 0.248 e. The van der Waals surface area contributed by atoms with Gasteiger partial charge in [-0.05, 0) is 36.8 Å². The van der Waals surface area contributed by atoms with E-state index in [0.717, 1.165) is 11.3 Å². The minimum Gasteiger partial charge on any atom is -0.399 e. The van der Waals surface area contributed by atoms with Gasteiger partial charge in [-0.2, -0.15) is 0 Å². The molecular weight excluding hydrogens is 240 g/mol. The number of hydrogen-bond donors (Lipinski definition) is 3. The van der Waals surface area contributed by atoms with Crippen LogP contribution < -0.4 is 16.8 Å². The van der Waals surface area contributed by atoms with E-state index in [2.05, 4.69) is 10.3 Å². The van der Waals surface area contributed by atoms with Crippen molar-refractivity contribution in [1.82, 2.24) is 4.98 Å². The van der Waals surface area contributed by atoms with Crippen molar-refractivity contribution in [2.24, 2.45) is 5.73 Å². The lowest BCUT2D eigenvalue weighted by atomic mass is 10.2. The van der Waals surface area contributed by atoms with Crippen LogP contribution in [0.5, 0.6) is 0 Å². The molecule has 0 saturated carbocycles. The third-order valence-electron chi connectivity index (χ3n) is 2.66. The van der Waals surface area contributed by atoms with Crippen molar-refractivity contribution in [3.05, 3.63) is 53.2 Å². The zero-order valence-electron chi connectivity index (χ0n) is 10.7. The number of carbonyl (C=O) groups excluding carboxylic acids is 1. The Kier molecular flexibility index (Phi) is 3.66. The predicted octanol–water partition coefficient (Wildman–Crippen LogP) is 1.68. The van der Waals surface area contributed by atoms with Crippen molar-refractivity contribution in [3.63, 3.8) is 0 Å². The molecule has 19 heavy (non-hydrogen) atoms. The van der Waals surface area contributed by atoms with E-state index in [-0.39, 0.29) is 0 Å². The number of benzene rings is 1. The zero-order chi connectivity index (χ0) is 13.8. The normalized spacial score (nSPS) is 10.2.